The van der Waals surface area contributed by atoms with Gasteiger partial charge in [-0.15, -0.1) is 0 Å². The van der Waals surface area contributed by atoms with Crippen LogP contribution in [-0.2, 0) is 21.2 Å². The molecule has 0 radical (unpaired) electrons. The second kappa shape index (κ2) is 9.55. The lowest BCUT2D eigenvalue weighted by Crippen LogP contribution is -2.53. The van der Waals surface area contributed by atoms with E-state index >= 15 is 0 Å². The standard InChI is InChI=1S/C23H30N2O3S/c1-18(2)15-16-22(26)23(24-29(27,28)20-12-4-3-5-13-20)25-17-9-8-11-19-10-6-7-14-21(19)25/h3-7,10,12-14,18,23-24H,8-9,11,15-17H2,1-2H3. The summed E-state index contributed by atoms with van der Waals surface area (Å²) in [4.78, 5) is 15.3. The number of fused-ring (bicyclic) bond motifs is 1. The quantitative estimate of drug-likeness (QED) is 0.705. The minimum atomic E-state index is -3.82. The van der Waals surface area contributed by atoms with Crippen molar-refractivity contribution in [1.29, 1.82) is 0 Å². The van der Waals surface area contributed by atoms with Gasteiger partial charge >= 0.3 is 0 Å². The van der Waals surface area contributed by atoms with Gasteiger partial charge in [0, 0.05) is 18.7 Å². The molecular weight excluding hydrogens is 384 g/mol. The maximum Gasteiger partial charge on any atom is 0.242 e. The van der Waals surface area contributed by atoms with Crippen molar-refractivity contribution in [3.05, 3.63) is 60.2 Å². The summed E-state index contributed by atoms with van der Waals surface area (Å²) in [5.74, 6) is 0.289. The van der Waals surface area contributed by atoms with Gasteiger partial charge in [0.25, 0.3) is 0 Å². The Hall–Kier alpha value is -2.18. The lowest BCUT2D eigenvalue weighted by atomic mass is 10.0. The van der Waals surface area contributed by atoms with Crippen molar-refractivity contribution in [2.75, 3.05) is 11.4 Å². The second-order valence-electron chi connectivity index (χ2n) is 8.01. The van der Waals surface area contributed by atoms with E-state index in [4.69, 9.17) is 0 Å². The van der Waals surface area contributed by atoms with E-state index in [1.54, 1.807) is 30.3 Å². The zero-order chi connectivity index (χ0) is 20.9. The van der Waals surface area contributed by atoms with Gasteiger partial charge in [0.1, 0.15) is 0 Å². The maximum atomic E-state index is 13.2. The van der Waals surface area contributed by atoms with Crippen molar-refractivity contribution in [3.63, 3.8) is 0 Å². The Labute approximate surface area is 174 Å². The first-order valence-corrected chi connectivity index (χ1v) is 11.8. The highest BCUT2D eigenvalue weighted by atomic mass is 32.2. The number of benzene rings is 2. The second-order valence-corrected chi connectivity index (χ2v) is 9.73. The summed E-state index contributed by atoms with van der Waals surface area (Å²) in [5, 5.41) is 0. The normalized spacial score (nSPS) is 15.6. The zero-order valence-electron chi connectivity index (χ0n) is 17.2. The third-order valence-corrected chi connectivity index (χ3v) is 6.73. The molecule has 1 aliphatic heterocycles. The number of carbonyl (C=O) groups is 1. The van der Waals surface area contributed by atoms with Crippen molar-refractivity contribution >= 4 is 21.5 Å². The third-order valence-electron chi connectivity index (χ3n) is 5.30. The predicted molar refractivity (Wildman–Crippen MR) is 116 cm³/mol. The number of ketones is 1. The van der Waals surface area contributed by atoms with E-state index in [0.717, 1.165) is 36.9 Å². The van der Waals surface area contributed by atoms with Crippen LogP contribution in [0.4, 0.5) is 5.69 Å². The van der Waals surface area contributed by atoms with Gasteiger partial charge in [-0.1, -0.05) is 50.2 Å². The lowest BCUT2D eigenvalue weighted by Gasteiger charge is -2.33. The molecule has 1 atom stereocenters. The molecule has 6 heteroatoms. The van der Waals surface area contributed by atoms with E-state index in [9.17, 15) is 13.2 Å². The molecule has 1 heterocycles. The number of aryl methyl sites for hydroxylation is 1. The van der Waals surface area contributed by atoms with Crippen LogP contribution in [0.1, 0.15) is 45.1 Å². The molecule has 0 fully saturated rings. The molecule has 2 aromatic rings. The van der Waals surface area contributed by atoms with E-state index in [-0.39, 0.29) is 10.7 Å². The van der Waals surface area contributed by atoms with Crippen molar-refractivity contribution < 1.29 is 13.2 Å². The SMILES string of the molecule is CC(C)CCC(=O)C(NS(=O)(=O)c1ccccc1)N1CCCCc2ccccc21. The fourth-order valence-electron chi connectivity index (χ4n) is 3.67. The number of hydrogen-bond acceptors (Lipinski definition) is 4. The summed E-state index contributed by atoms with van der Waals surface area (Å²) < 4.78 is 28.8. The Morgan fingerprint density at radius 1 is 1.03 bits per heavy atom. The number of sulfonamides is 1. The number of anilines is 1. The molecule has 29 heavy (non-hydrogen) atoms. The summed E-state index contributed by atoms with van der Waals surface area (Å²) in [7, 11) is -3.82. The molecule has 0 amide bonds. The van der Waals surface area contributed by atoms with Crippen LogP contribution in [0, 0.1) is 5.92 Å². The summed E-state index contributed by atoms with van der Waals surface area (Å²) >= 11 is 0. The average molecular weight is 415 g/mol. The molecule has 2 aromatic carbocycles. The van der Waals surface area contributed by atoms with E-state index < -0.39 is 16.2 Å². The molecule has 0 saturated carbocycles. The highest BCUT2D eigenvalue weighted by Gasteiger charge is 2.32. The number of Topliss-reactive ketones (excluding diaryl/α,β-unsaturated/α-hetero) is 1. The Morgan fingerprint density at radius 3 is 2.45 bits per heavy atom. The van der Waals surface area contributed by atoms with Crippen LogP contribution in [0.15, 0.2) is 59.5 Å². The van der Waals surface area contributed by atoms with Crippen LogP contribution in [0.3, 0.4) is 0 Å². The molecule has 1 aliphatic rings. The summed E-state index contributed by atoms with van der Waals surface area (Å²) in [6, 6.07) is 16.2. The Morgan fingerprint density at radius 2 is 1.72 bits per heavy atom. The van der Waals surface area contributed by atoms with Gasteiger partial charge < -0.3 is 4.90 Å². The number of rotatable bonds is 8. The van der Waals surface area contributed by atoms with Gasteiger partial charge in [-0.25, -0.2) is 8.42 Å². The zero-order valence-corrected chi connectivity index (χ0v) is 18.0. The van der Waals surface area contributed by atoms with Crippen LogP contribution in [-0.4, -0.2) is 26.9 Å². The number of para-hydroxylation sites is 1. The molecule has 0 spiro atoms. The minimum Gasteiger partial charge on any atom is -0.349 e. The molecule has 0 bridgehead atoms. The van der Waals surface area contributed by atoms with Gasteiger partial charge in [-0.05, 0) is 55.4 Å². The van der Waals surface area contributed by atoms with Crippen LogP contribution in [0.2, 0.25) is 0 Å². The topological polar surface area (TPSA) is 66.5 Å². The van der Waals surface area contributed by atoms with E-state index in [1.165, 1.54) is 0 Å². The van der Waals surface area contributed by atoms with Gasteiger partial charge in [0.15, 0.2) is 11.9 Å². The molecule has 5 nitrogen and oxygen atoms in total. The first kappa shape index (κ1) is 21.5. The van der Waals surface area contributed by atoms with Crippen molar-refractivity contribution in [2.45, 2.75) is 57.0 Å². The van der Waals surface area contributed by atoms with E-state index in [1.807, 2.05) is 23.1 Å². The molecule has 0 aliphatic carbocycles. The van der Waals surface area contributed by atoms with Crippen LogP contribution < -0.4 is 9.62 Å². The van der Waals surface area contributed by atoms with Crippen LogP contribution in [0.25, 0.3) is 0 Å². The largest absolute Gasteiger partial charge is 0.349 e. The van der Waals surface area contributed by atoms with E-state index in [0.29, 0.717) is 18.9 Å². The predicted octanol–water partition coefficient (Wildman–Crippen LogP) is 4.14. The molecular formula is C23H30N2O3S. The van der Waals surface area contributed by atoms with Crippen molar-refractivity contribution in [2.24, 2.45) is 5.92 Å². The number of carbonyl (C=O) groups excluding carboxylic acids is 1. The monoisotopic (exact) mass is 414 g/mol. The van der Waals surface area contributed by atoms with Crippen molar-refractivity contribution in [1.82, 2.24) is 4.72 Å². The third kappa shape index (κ3) is 5.46. The summed E-state index contributed by atoms with van der Waals surface area (Å²) in [6.07, 6.45) is 3.04. The molecule has 1 unspecified atom stereocenters. The van der Waals surface area contributed by atoms with Gasteiger partial charge in [0.05, 0.1) is 4.90 Å². The van der Waals surface area contributed by atoms with E-state index in [2.05, 4.69) is 24.6 Å². The minimum absolute atomic E-state index is 0.0880. The molecule has 3 rings (SSSR count). The molecule has 1 N–H and O–H groups in total. The number of nitrogens with one attached hydrogen (secondary N) is 1. The summed E-state index contributed by atoms with van der Waals surface area (Å²) in [5.41, 5.74) is 2.11. The fraction of sp³-hybridized carbons (Fsp3) is 0.435. The Balaban J connectivity index is 1.96. The highest BCUT2D eigenvalue weighted by molar-refractivity contribution is 7.89. The highest BCUT2D eigenvalue weighted by Crippen LogP contribution is 2.28. The van der Waals surface area contributed by atoms with Gasteiger partial charge in [-0.3, -0.25) is 4.79 Å². The first-order valence-electron chi connectivity index (χ1n) is 10.3. The Bertz CT molecular complexity index is 926. The molecule has 0 saturated heterocycles. The number of nitrogens with zero attached hydrogens (tertiary/aromatic N) is 1. The fourth-order valence-corrected chi connectivity index (χ4v) is 4.88. The van der Waals surface area contributed by atoms with Gasteiger partial charge in [0.2, 0.25) is 10.0 Å². The maximum absolute atomic E-state index is 13.2. The molecule has 0 aromatic heterocycles. The van der Waals surface area contributed by atoms with Crippen LogP contribution in [0.5, 0.6) is 0 Å². The smallest absolute Gasteiger partial charge is 0.242 e. The first-order chi connectivity index (χ1) is 13.9. The Kier molecular flexibility index (Phi) is 7.09. The molecule has 156 valence electrons. The van der Waals surface area contributed by atoms with Crippen LogP contribution >= 0.6 is 0 Å². The average Bonchev–Trinajstić information content (AvgIpc) is 2.93. The lowest BCUT2D eigenvalue weighted by molar-refractivity contribution is -0.120. The summed E-state index contributed by atoms with van der Waals surface area (Å²) in [6.45, 7) is 4.78. The van der Waals surface area contributed by atoms with Gasteiger partial charge in [-0.2, -0.15) is 4.72 Å². The van der Waals surface area contributed by atoms with Crippen molar-refractivity contribution in [3.8, 4) is 0 Å². The number of hydrogen-bond donors (Lipinski definition) is 1.